The van der Waals surface area contributed by atoms with Crippen molar-refractivity contribution in [3.8, 4) is 0 Å². The molecule has 6 heteroatoms. The summed E-state index contributed by atoms with van der Waals surface area (Å²) in [4.78, 5) is 10.7. The van der Waals surface area contributed by atoms with E-state index in [1.165, 1.54) is 11.9 Å². The van der Waals surface area contributed by atoms with Gasteiger partial charge >= 0.3 is 0 Å². The number of nitrogens with one attached hydrogen (secondary N) is 1. The monoisotopic (exact) mass is 346 g/mol. The Hall–Kier alpha value is -1.85. The van der Waals surface area contributed by atoms with Gasteiger partial charge in [0.25, 0.3) is 0 Å². The van der Waals surface area contributed by atoms with Crippen LogP contribution in [0.15, 0.2) is 36.7 Å². The van der Waals surface area contributed by atoms with Crippen LogP contribution in [0.1, 0.15) is 18.4 Å². The van der Waals surface area contributed by atoms with Crippen molar-refractivity contribution in [1.82, 2.24) is 9.97 Å². The summed E-state index contributed by atoms with van der Waals surface area (Å²) in [6.45, 7) is 2.60. The number of aromatic nitrogens is 2. The third kappa shape index (κ3) is 4.16. The molecular formula is C18H23ClN4O. The highest BCUT2D eigenvalue weighted by molar-refractivity contribution is 6.32. The minimum Gasteiger partial charge on any atom is -0.383 e. The minimum absolute atomic E-state index is 0.320. The van der Waals surface area contributed by atoms with Crippen LogP contribution in [-0.2, 0) is 11.2 Å². The first-order chi connectivity index (χ1) is 11.8. The number of piperidine rings is 1. The van der Waals surface area contributed by atoms with Gasteiger partial charge in [0.1, 0.15) is 12.0 Å². The van der Waals surface area contributed by atoms with Gasteiger partial charge in [0.05, 0.1) is 12.7 Å². The van der Waals surface area contributed by atoms with Crippen LogP contribution in [-0.4, -0.2) is 42.8 Å². The zero-order valence-corrected chi connectivity index (χ0v) is 14.7. The summed E-state index contributed by atoms with van der Waals surface area (Å²) in [5.74, 6) is 0.875. The molecule has 1 N–H and O–H groups in total. The van der Waals surface area contributed by atoms with E-state index in [0.29, 0.717) is 11.3 Å². The fourth-order valence-corrected chi connectivity index (χ4v) is 3.26. The second kappa shape index (κ2) is 8.31. The number of rotatable bonds is 6. The summed E-state index contributed by atoms with van der Waals surface area (Å²) in [6.07, 6.45) is 4.80. The summed E-state index contributed by atoms with van der Waals surface area (Å²) in [5.41, 5.74) is 2.12. The third-order valence-corrected chi connectivity index (χ3v) is 4.65. The molecule has 0 bridgehead atoms. The molecule has 2 aromatic rings. The smallest absolute Gasteiger partial charge is 0.157 e. The number of hydrogen-bond donors (Lipinski definition) is 1. The minimum atomic E-state index is 0.320. The van der Waals surface area contributed by atoms with Crippen molar-refractivity contribution in [1.29, 1.82) is 0 Å². The lowest BCUT2D eigenvalue weighted by molar-refractivity contribution is 0.0390. The van der Waals surface area contributed by atoms with Crippen molar-refractivity contribution >= 4 is 23.1 Å². The van der Waals surface area contributed by atoms with Crippen molar-refractivity contribution in [2.45, 2.75) is 25.4 Å². The van der Waals surface area contributed by atoms with Crippen LogP contribution < -0.4 is 10.2 Å². The average Bonchev–Trinajstić information content (AvgIpc) is 2.63. The normalized spacial score (nSPS) is 15.5. The molecule has 0 spiro atoms. The molecule has 128 valence electrons. The van der Waals surface area contributed by atoms with Crippen LogP contribution in [0, 0.1) is 0 Å². The molecule has 0 unspecified atom stereocenters. The molecule has 0 atom stereocenters. The molecule has 0 saturated carbocycles. The van der Waals surface area contributed by atoms with E-state index in [1.54, 1.807) is 0 Å². The maximum atomic E-state index is 6.14. The highest BCUT2D eigenvalue weighted by Gasteiger charge is 2.23. The summed E-state index contributed by atoms with van der Waals surface area (Å²) in [5, 5.41) is 3.56. The maximum absolute atomic E-state index is 6.14. The molecule has 2 heterocycles. The highest BCUT2D eigenvalue weighted by atomic mass is 35.5. The van der Waals surface area contributed by atoms with E-state index in [4.69, 9.17) is 16.3 Å². The van der Waals surface area contributed by atoms with Crippen LogP contribution in [0.4, 0.5) is 11.5 Å². The molecule has 1 fully saturated rings. The lowest BCUT2D eigenvalue weighted by Crippen LogP contribution is -2.38. The van der Waals surface area contributed by atoms with E-state index in [0.717, 1.165) is 50.5 Å². The number of nitrogens with zero attached hydrogens (tertiary/aromatic N) is 3. The Labute approximate surface area is 148 Å². The predicted molar refractivity (Wildman–Crippen MR) is 97.9 cm³/mol. The lowest BCUT2D eigenvalue weighted by atomic mass is 10.1. The Balaban J connectivity index is 1.48. The van der Waals surface area contributed by atoms with Crippen molar-refractivity contribution in [2.75, 3.05) is 37.0 Å². The third-order valence-electron chi connectivity index (χ3n) is 4.36. The Kier molecular flexibility index (Phi) is 5.88. The van der Waals surface area contributed by atoms with Crippen molar-refractivity contribution in [3.63, 3.8) is 0 Å². The molecule has 5 nitrogen and oxygen atoms in total. The first-order valence-corrected chi connectivity index (χ1v) is 8.74. The van der Waals surface area contributed by atoms with Gasteiger partial charge in [-0.1, -0.05) is 41.9 Å². The van der Waals surface area contributed by atoms with Crippen LogP contribution >= 0.6 is 11.6 Å². The largest absolute Gasteiger partial charge is 0.383 e. The van der Waals surface area contributed by atoms with Gasteiger partial charge in [-0.15, -0.1) is 0 Å². The lowest BCUT2D eigenvalue weighted by Gasteiger charge is -2.33. The number of halogens is 1. The molecule has 0 aliphatic carbocycles. The van der Waals surface area contributed by atoms with Gasteiger partial charge in [-0.3, -0.25) is 0 Å². The summed E-state index contributed by atoms with van der Waals surface area (Å²) < 4.78 is 6.05. The Morgan fingerprint density at radius 2 is 1.96 bits per heavy atom. The van der Waals surface area contributed by atoms with E-state index in [2.05, 4.69) is 44.5 Å². The van der Waals surface area contributed by atoms with Crippen LogP contribution in [0.25, 0.3) is 0 Å². The van der Waals surface area contributed by atoms with Crippen LogP contribution in [0.3, 0.4) is 0 Å². The Bertz CT molecular complexity index is 645. The molecule has 1 saturated heterocycles. The second-order valence-electron chi connectivity index (χ2n) is 5.91. The molecule has 1 aliphatic rings. The number of anilines is 2. The first kappa shape index (κ1) is 17.0. The Morgan fingerprint density at radius 3 is 2.67 bits per heavy atom. The SMILES string of the molecule is CNc1c(Cl)ncnc1N1CCC(OCCc2ccccc2)CC1. The van der Waals surface area contributed by atoms with Gasteiger partial charge in [0.15, 0.2) is 11.0 Å². The summed E-state index contributed by atoms with van der Waals surface area (Å²) in [6, 6.07) is 10.5. The number of hydrogen-bond acceptors (Lipinski definition) is 5. The van der Waals surface area contributed by atoms with Crippen LogP contribution in [0.2, 0.25) is 5.15 Å². The van der Waals surface area contributed by atoms with E-state index in [1.807, 2.05) is 13.1 Å². The predicted octanol–water partition coefficient (Wildman–Crippen LogP) is 3.40. The van der Waals surface area contributed by atoms with Gasteiger partial charge in [-0.05, 0) is 24.8 Å². The number of ether oxygens (including phenoxy) is 1. The van der Waals surface area contributed by atoms with Gasteiger partial charge in [0, 0.05) is 20.1 Å². The summed E-state index contributed by atoms with van der Waals surface area (Å²) >= 11 is 6.14. The first-order valence-electron chi connectivity index (χ1n) is 8.36. The molecular weight excluding hydrogens is 324 g/mol. The van der Waals surface area contributed by atoms with Crippen molar-refractivity contribution in [3.05, 3.63) is 47.4 Å². The molecule has 24 heavy (non-hydrogen) atoms. The molecule has 3 rings (SSSR count). The van der Waals surface area contributed by atoms with E-state index in [-0.39, 0.29) is 0 Å². The molecule has 0 radical (unpaired) electrons. The van der Waals surface area contributed by atoms with Gasteiger partial charge in [0.2, 0.25) is 0 Å². The van der Waals surface area contributed by atoms with E-state index in [9.17, 15) is 0 Å². The molecule has 1 aromatic carbocycles. The van der Waals surface area contributed by atoms with Gasteiger partial charge < -0.3 is 15.0 Å². The van der Waals surface area contributed by atoms with Crippen molar-refractivity contribution in [2.24, 2.45) is 0 Å². The molecule has 1 aliphatic heterocycles. The zero-order valence-electron chi connectivity index (χ0n) is 13.9. The second-order valence-corrected chi connectivity index (χ2v) is 6.26. The number of benzene rings is 1. The van der Waals surface area contributed by atoms with E-state index >= 15 is 0 Å². The summed E-state index contributed by atoms with van der Waals surface area (Å²) in [7, 11) is 1.84. The maximum Gasteiger partial charge on any atom is 0.157 e. The standard InChI is InChI=1S/C18H23ClN4O/c1-20-16-17(19)21-13-22-18(16)23-10-7-15(8-11-23)24-12-9-14-5-3-2-4-6-14/h2-6,13,15,20H,7-12H2,1H3. The van der Waals surface area contributed by atoms with Crippen LogP contribution in [0.5, 0.6) is 0 Å². The molecule has 0 amide bonds. The van der Waals surface area contributed by atoms with Gasteiger partial charge in [-0.2, -0.15) is 0 Å². The average molecular weight is 347 g/mol. The zero-order chi connectivity index (χ0) is 16.8. The topological polar surface area (TPSA) is 50.3 Å². The quantitative estimate of drug-likeness (QED) is 0.812. The van der Waals surface area contributed by atoms with E-state index < -0.39 is 0 Å². The fourth-order valence-electron chi connectivity index (χ4n) is 3.03. The molecule has 1 aromatic heterocycles. The van der Waals surface area contributed by atoms with Crippen molar-refractivity contribution < 1.29 is 4.74 Å². The van der Waals surface area contributed by atoms with Gasteiger partial charge in [-0.25, -0.2) is 9.97 Å². The highest BCUT2D eigenvalue weighted by Crippen LogP contribution is 2.30. The Morgan fingerprint density at radius 1 is 1.21 bits per heavy atom. The fraction of sp³-hybridized carbons (Fsp3) is 0.444.